The Labute approximate surface area is 85.2 Å². The van der Waals surface area contributed by atoms with Gasteiger partial charge in [-0.2, -0.15) is 9.49 Å². The first kappa shape index (κ1) is 9.82. The smallest absolute Gasteiger partial charge is 0.216 e. The van der Waals surface area contributed by atoms with Crippen molar-refractivity contribution in [3.05, 3.63) is 48.0 Å². The zero-order valence-electron chi connectivity index (χ0n) is 7.71. The first-order valence-corrected chi connectivity index (χ1v) is 4.34. The van der Waals surface area contributed by atoms with Crippen LogP contribution in [0, 0.1) is 5.95 Å². The second-order valence-electron chi connectivity index (χ2n) is 3.03. The van der Waals surface area contributed by atoms with E-state index in [0.29, 0.717) is 11.3 Å². The third kappa shape index (κ3) is 1.88. The van der Waals surface area contributed by atoms with Gasteiger partial charge in [-0.25, -0.2) is 4.68 Å². The summed E-state index contributed by atoms with van der Waals surface area (Å²) in [6, 6.07) is 7.37. The van der Waals surface area contributed by atoms with Gasteiger partial charge in [0, 0.05) is 11.6 Å². The Morgan fingerprint density at radius 3 is 2.27 bits per heavy atom. The van der Waals surface area contributed by atoms with Crippen LogP contribution < -0.4 is 0 Å². The molecule has 0 fully saturated rings. The summed E-state index contributed by atoms with van der Waals surface area (Å²) in [6.45, 7) is 0. The molecule has 2 N–H and O–H groups in total. The predicted molar refractivity (Wildman–Crippen MR) is 50.7 cm³/mol. The Morgan fingerprint density at radius 2 is 1.80 bits per heavy atom. The number of halogens is 1. The molecule has 4 nitrogen and oxygen atoms in total. The van der Waals surface area contributed by atoms with E-state index < -0.39 is 12.2 Å². The van der Waals surface area contributed by atoms with Crippen molar-refractivity contribution >= 4 is 0 Å². The van der Waals surface area contributed by atoms with E-state index in [1.807, 2.05) is 0 Å². The van der Waals surface area contributed by atoms with Crippen molar-refractivity contribution in [2.24, 2.45) is 0 Å². The Balaban J connectivity index is 2.36. The minimum absolute atomic E-state index is 0.353. The molecule has 1 aromatic carbocycles. The van der Waals surface area contributed by atoms with Gasteiger partial charge in [0.15, 0.2) is 6.29 Å². The third-order valence-electron chi connectivity index (χ3n) is 2.03. The zero-order chi connectivity index (χ0) is 10.8. The average Bonchev–Trinajstić information content (AvgIpc) is 2.65. The fourth-order valence-corrected chi connectivity index (χ4v) is 1.26. The molecule has 0 bridgehead atoms. The van der Waals surface area contributed by atoms with Crippen LogP contribution in [-0.2, 0) is 0 Å². The van der Waals surface area contributed by atoms with Gasteiger partial charge in [0.1, 0.15) is 0 Å². The van der Waals surface area contributed by atoms with Crippen LogP contribution in [0.4, 0.5) is 4.39 Å². The van der Waals surface area contributed by atoms with E-state index >= 15 is 0 Å². The molecule has 0 unspecified atom stereocenters. The van der Waals surface area contributed by atoms with E-state index in [1.54, 1.807) is 12.1 Å². The molecule has 0 saturated carbocycles. The van der Waals surface area contributed by atoms with Gasteiger partial charge >= 0.3 is 0 Å². The van der Waals surface area contributed by atoms with E-state index in [2.05, 4.69) is 5.10 Å². The average molecular weight is 208 g/mol. The van der Waals surface area contributed by atoms with Crippen LogP contribution in [0.25, 0.3) is 5.69 Å². The first-order valence-electron chi connectivity index (χ1n) is 4.34. The monoisotopic (exact) mass is 208 g/mol. The summed E-state index contributed by atoms with van der Waals surface area (Å²) in [4.78, 5) is 0. The molecule has 0 radical (unpaired) electrons. The second kappa shape index (κ2) is 3.80. The molecule has 78 valence electrons. The highest BCUT2D eigenvalue weighted by atomic mass is 19.1. The number of nitrogens with zero attached hydrogens (tertiary/aromatic N) is 2. The summed E-state index contributed by atoms with van der Waals surface area (Å²) < 4.78 is 14.2. The van der Waals surface area contributed by atoms with Gasteiger partial charge in [0.25, 0.3) is 0 Å². The quantitative estimate of drug-likeness (QED) is 0.724. The molecule has 1 heterocycles. The van der Waals surface area contributed by atoms with Gasteiger partial charge in [0.05, 0.1) is 11.9 Å². The molecule has 2 aromatic rings. The number of hydrogen-bond acceptors (Lipinski definition) is 3. The summed E-state index contributed by atoms with van der Waals surface area (Å²) in [5.74, 6) is -0.465. The molecule has 0 atom stereocenters. The third-order valence-corrected chi connectivity index (χ3v) is 2.03. The van der Waals surface area contributed by atoms with E-state index in [0.717, 1.165) is 4.68 Å². The van der Waals surface area contributed by atoms with Crippen LogP contribution in [0.1, 0.15) is 11.9 Å². The summed E-state index contributed by atoms with van der Waals surface area (Å²) in [5.41, 5.74) is 0.883. The van der Waals surface area contributed by atoms with Crippen molar-refractivity contribution in [1.82, 2.24) is 9.78 Å². The van der Waals surface area contributed by atoms with E-state index in [-0.39, 0.29) is 0 Å². The summed E-state index contributed by atoms with van der Waals surface area (Å²) in [7, 11) is 0. The Hall–Kier alpha value is -1.72. The molecule has 0 spiro atoms. The van der Waals surface area contributed by atoms with Crippen LogP contribution in [-0.4, -0.2) is 20.0 Å². The molecule has 15 heavy (non-hydrogen) atoms. The number of aliphatic hydroxyl groups excluding tert-OH is 1. The molecule has 5 heteroatoms. The number of rotatable bonds is 2. The van der Waals surface area contributed by atoms with Crippen LogP contribution in [0.15, 0.2) is 36.5 Å². The van der Waals surface area contributed by atoms with Crippen molar-refractivity contribution in [2.45, 2.75) is 6.29 Å². The summed E-state index contributed by atoms with van der Waals surface area (Å²) in [5, 5.41) is 21.5. The topological polar surface area (TPSA) is 58.3 Å². The predicted octanol–water partition coefficient (Wildman–Crippen LogP) is 0.995. The van der Waals surface area contributed by atoms with Gasteiger partial charge in [-0.1, -0.05) is 12.1 Å². The number of benzene rings is 1. The van der Waals surface area contributed by atoms with Crippen molar-refractivity contribution < 1.29 is 14.6 Å². The fourth-order valence-electron chi connectivity index (χ4n) is 1.26. The van der Waals surface area contributed by atoms with Crippen molar-refractivity contribution in [3.8, 4) is 5.69 Å². The molecule has 0 amide bonds. The molecular formula is C10H9FN2O2. The highest BCUT2D eigenvalue weighted by Gasteiger charge is 2.05. The molecule has 1 aromatic heterocycles. The summed E-state index contributed by atoms with van der Waals surface area (Å²) >= 11 is 0. The normalized spacial score (nSPS) is 10.9. The minimum Gasteiger partial charge on any atom is -0.364 e. The molecule has 2 rings (SSSR count). The lowest BCUT2D eigenvalue weighted by Gasteiger charge is -2.05. The lowest BCUT2D eigenvalue weighted by Crippen LogP contribution is -2.00. The summed E-state index contributed by atoms with van der Waals surface area (Å²) in [6.07, 6.45) is -0.161. The van der Waals surface area contributed by atoms with Gasteiger partial charge in [-0.3, -0.25) is 0 Å². The molecular weight excluding hydrogens is 199 g/mol. The number of hydrogen-bond donors (Lipinski definition) is 2. The second-order valence-corrected chi connectivity index (χ2v) is 3.03. The number of aliphatic hydroxyl groups is 2. The SMILES string of the molecule is OC(O)c1ccc(-n2nccc2F)cc1. The number of aromatic nitrogens is 2. The lowest BCUT2D eigenvalue weighted by molar-refractivity contribution is -0.0424. The Bertz CT molecular complexity index is 451. The van der Waals surface area contributed by atoms with E-state index in [1.165, 1.54) is 24.4 Å². The maximum atomic E-state index is 13.1. The van der Waals surface area contributed by atoms with Gasteiger partial charge in [0.2, 0.25) is 5.95 Å². The minimum atomic E-state index is -1.51. The van der Waals surface area contributed by atoms with Crippen LogP contribution in [0.2, 0.25) is 0 Å². The molecule has 0 saturated heterocycles. The fraction of sp³-hybridized carbons (Fsp3) is 0.100. The Morgan fingerprint density at radius 1 is 1.13 bits per heavy atom. The van der Waals surface area contributed by atoms with Crippen LogP contribution in [0.5, 0.6) is 0 Å². The van der Waals surface area contributed by atoms with Gasteiger partial charge < -0.3 is 10.2 Å². The first-order chi connectivity index (χ1) is 7.18. The molecule has 0 aliphatic heterocycles. The lowest BCUT2D eigenvalue weighted by atomic mass is 10.2. The van der Waals surface area contributed by atoms with Crippen molar-refractivity contribution in [3.63, 3.8) is 0 Å². The molecule has 0 aliphatic rings. The van der Waals surface area contributed by atoms with Crippen molar-refractivity contribution in [1.29, 1.82) is 0 Å². The Kier molecular flexibility index (Phi) is 2.49. The van der Waals surface area contributed by atoms with Gasteiger partial charge in [-0.15, -0.1) is 0 Å². The highest BCUT2D eigenvalue weighted by molar-refractivity contribution is 5.34. The van der Waals surface area contributed by atoms with Gasteiger partial charge in [-0.05, 0) is 12.1 Å². The van der Waals surface area contributed by atoms with Crippen molar-refractivity contribution in [2.75, 3.05) is 0 Å². The van der Waals surface area contributed by atoms with E-state index in [4.69, 9.17) is 10.2 Å². The zero-order valence-corrected chi connectivity index (χ0v) is 7.71. The van der Waals surface area contributed by atoms with Crippen LogP contribution >= 0.6 is 0 Å². The standard InChI is InChI=1S/C10H9FN2O2/c11-9-5-6-12-13(9)8-3-1-7(2-4-8)10(14)15/h1-6,10,14-15H. The molecule has 0 aliphatic carbocycles. The maximum Gasteiger partial charge on any atom is 0.216 e. The largest absolute Gasteiger partial charge is 0.364 e. The van der Waals surface area contributed by atoms with Crippen LogP contribution in [0.3, 0.4) is 0 Å². The van der Waals surface area contributed by atoms with E-state index in [9.17, 15) is 4.39 Å². The highest BCUT2D eigenvalue weighted by Crippen LogP contribution is 2.14. The maximum absolute atomic E-state index is 13.1.